The van der Waals surface area contributed by atoms with Gasteiger partial charge in [0.25, 0.3) is 0 Å². The van der Waals surface area contributed by atoms with Crippen LogP contribution in [0.1, 0.15) is 28.7 Å². The van der Waals surface area contributed by atoms with Gasteiger partial charge in [0.15, 0.2) is 0 Å². The lowest BCUT2D eigenvalue weighted by Gasteiger charge is -2.03. The van der Waals surface area contributed by atoms with Gasteiger partial charge >= 0.3 is 5.97 Å². The van der Waals surface area contributed by atoms with Crippen LogP contribution < -0.4 is 0 Å². The van der Waals surface area contributed by atoms with Crippen molar-refractivity contribution in [2.45, 2.75) is 18.8 Å². The second-order valence-corrected chi connectivity index (χ2v) is 6.55. The molecular formula is C21H20N2O2. The summed E-state index contributed by atoms with van der Waals surface area (Å²) in [4.78, 5) is 19.8. The highest BCUT2D eigenvalue weighted by Gasteiger charge is 2.56. The quantitative estimate of drug-likeness (QED) is 0.733. The first-order chi connectivity index (χ1) is 12.2. The van der Waals surface area contributed by atoms with Crippen molar-refractivity contribution in [3.05, 3.63) is 77.6 Å². The first kappa shape index (κ1) is 15.6. The fourth-order valence-electron chi connectivity index (χ4n) is 3.67. The smallest absolute Gasteiger partial charge is 0.309 e. The number of methoxy groups -OCH3 is 1. The molecule has 4 heteroatoms. The van der Waals surface area contributed by atoms with Crippen LogP contribution in [0.2, 0.25) is 0 Å². The Labute approximate surface area is 146 Å². The molecule has 0 unspecified atom stereocenters. The van der Waals surface area contributed by atoms with Crippen molar-refractivity contribution in [2.75, 3.05) is 7.11 Å². The van der Waals surface area contributed by atoms with Crippen LogP contribution in [0.15, 0.2) is 60.8 Å². The maximum Gasteiger partial charge on any atom is 0.309 e. The van der Waals surface area contributed by atoms with E-state index in [4.69, 9.17) is 4.74 Å². The van der Waals surface area contributed by atoms with Crippen LogP contribution in [0, 0.1) is 12.8 Å². The summed E-state index contributed by atoms with van der Waals surface area (Å²) in [5, 5.41) is 0. The zero-order valence-electron chi connectivity index (χ0n) is 14.3. The lowest BCUT2D eigenvalue weighted by Crippen LogP contribution is -2.05. The number of benzene rings is 2. The Balaban J connectivity index is 1.62. The van der Waals surface area contributed by atoms with Gasteiger partial charge in [0, 0.05) is 29.3 Å². The molecule has 25 heavy (non-hydrogen) atoms. The van der Waals surface area contributed by atoms with Gasteiger partial charge in [-0.2, -0.15) is 0 Å². The van der Waals surface area contributed by atoms with Crippen LogP contribution in [-0.4, -0.2) is 23.0 Å². The van der Waals surface area contributed by atoms with E-state index in [1.165, 1.54) is 12.7 Å². The molecule has 0 saturated heterocycles. The number of aromatic amines is 1. The molecule has 1 aliphatic rings. The minimum atomic E-state index is -0.135. The van der Waals surface area contributed by atoms with Gasteiger partial charge in [-0.05, 0) is 18.1 Å². The Bertz CT molecular complexity index is 884. The maximum absolute atomic E-state index is 12.2. The largest absolute Gasteiger partial charge is 0.469 e. The monoisotopic (exact) mass is 332 g/mol. The van der Waals surface area contributed by atoms with Gasteiger partial charge in [0.05, 0.1) is 13.0 Å². The normalized spacial score (nSPS) is 21.8. The van der Waals surface area contributed by atoms with E-state index in [9.17, 15) is 4.79 Å². The summed E-state index contributed by atoms with van der Waals surface area (Å²) >= 11 is 0. The Hall–Kier alpha value is -2.88. The predicted octanol–water partition coefficient (Wildman–Crippen LogP) is 4.06. The summed E-state index contributed by atoms with van der Waals surface area (Å²) in [6.07, 6.45) is 1.82. The number of hydrogen-bond acceptors (Lipinski definition) is 3. The Morgan fingerprint density at radius 1 is 1.00 bits per heavy atom. The summed E-state index contributed by atoms with van der Waals surface area (Å²) in [7, 11) is 1.46. The van der Waals surface area contributed by atoms with Gasteiger partial charge in [-0.15, -0.1) is 0 Å². The lowest BCUT2D eigenvalue weighted by atomic mass is 10.0. The highest BCUT2D eigenvalue weighted by Crippen LogP contribution is 2.60. The van der Waals surface area contributed by atoms with E-state index in [1.807, 2.05) is 31.3 Å². The number of ether oxygens (including phenoxy) is 1. The summed E-state index contributed by atoms with van der Waals surface area (Å²) < 4.78 is 5.02. The number of rotatable bonds is 4. The van der Waals surface area contributed by atoms with Gasteiger partial charge in [-0.1, -0.05) is 54.6 Å². The SMILES string of the molecule is COC(=O)[C@@H]1[C@H](c2ccccc2)[C@H]1c1ccc(-c2ncc(C)[nH]2)cc1. The van der Waals surface area contributed by atoms with Gasteiger partial charge in [-0.3, -0.25) is 4.79 Å². The van der Waals surface area contributed by atoms with Crippen molar-refractivity contribution in [1.29, 1.82) is 0 Å². The molecule has 1 aromatic heterocycles. The minimum Gasteiger partial charge on any atom is -0.469 e. The first-order valence-electron chi connectivity index (χ1n) is 8.44. The molecule has 126 valence electrons. The van der Waals surface area contributed by atoms with Gasteiger partial charge in [0.2, 0.25) is 0 Å². The van der Waals surface area contributed by atoms with Crippen LogP contribution in [0.25, 0.3) is 11.4 Å². The highest BCUT2D eigenvalue weighted by atomic mass is 16.5. The number of aromatic nitrogens is 2. The van der Waals surface area contributed by atoms with E-state index in [1.54, 1.807) is 0 Å². The molecule has 1 N–H and O–H groups in total. The van der Waals surface area contributed by atoms with Crippen LogP contribution in [0.4, 0.5) is 0 Å². The molecule has 4 nitrogen and oxygen atoms in total. The molecule has 0 spiro atoms. The van der Waals surface area contributed by atoms with Crippen molar-refractivity contribution >= 4 is 5.97 Å². The third-order valence-corrected chi connectivity index (χ3v) is 4.95. The van der Waals surface area contributed by atoms with E-state index in [2.05, 4.69) is 46.4 Å². The standard InChI is InChI=1S/C21H20N2O2/c1-13-12-22-20(23-13)16-10-8-15(9-11-16)18-17(19(18)21(24)25-2)14-6-4-3-5-7-14/h3-12,17-19H,1-2H3,(H,22,23)/t17-,18-,19-/m1/s1. The topological polar surface area (TPSA) is 55.0 Å². The number of carbonyl (C=O) groups excluding carboxylic acids is 1. The molecule has 2 aromatic carbocycles. The summed E-state index contributed by atoms with van der Waals surface area (Å²) in [5.41, 5.74) is 4.43. The van der Waals surface area contributed by atoms with Gasteiger partial charge < -0.3 is 9.72 Å². The van der Waals surface area contributed by atoms with Crippen LogP contribution in [-0.2, 0) is 9.53 Å². The summed E-state index contributed by atoms with van der Waals surface area (Å²) in [6.45, 7) is 1.99. The fraction of sp³-hybridized carbons (Fsp3) is 0.238. The molecule has 1 aliphatic carbocycles. The van der Waals surface area contributed by atoms with E-state index >= 15 is 0 Å². The number of aryl methyl sites for hydroxylation is 1. The lowest BCUT2D eigenvalue weighted by molar-refractivity contribution is -0.142. The highest BCUT2D eigenvalue weighted by molar-refractivity contribution is 5.80. The molecule has 1 fully saturated rings. The number of nitrogens with one attached hydrogen (secondary N) is 1. The molecule has 0 amide bonds. The Morgan fingerprint density at radius 2 is 1.64 bits per heavy atom. The van der Waals surface area contributed by atoms with Crippen LogP contribution >= 0.6 is 0 Å². The molecule has 3 atom stereocenters. The molecular weight excluding hydrogens is 312 g/mol. The molecule has 1 saturated carbocycles. The number of imidazole rings is 1. The maximum atomic E-state index is 12.2. The van der Waals surface area contributed by atoms with Crippen LogP contribution in [0.5, 0.6) is 0 Å². The molecule has 0 radical (unpaired) electrons. The zero-order valence-corrected chi connectivity index (χ0v) is 14.3. The molecule has 1 heterocycles. The van der Waals surface area contributed by atoms with E-state index in [0.29, 0.717) is 0 Å². The average molecular weight is 332 g/mol. The zero-order chi connectivity index (χ0) is 17.4. The van der Waals surface area contributed by atoms with E-state index in [0.717, 1.165) is 22.6 Å². The third kappa shape index (κ3) is 2.84. The molecule has 4 rings (SSSR count). The summed E-state index contributed by atoms with van der Waals surface area (Å²) in [6, 6.07) is 18.5. The van der Waals surface area contributed by atoms with Gasteiger partial charge in [-0.25, -0.2) is 4.98 Å². The third-order valence-electron chi connectivity index (χ3n) is 4.95. The van der Waals surface area contributed by atoms with E-state index in [-0.39, 0.29) is 23.7 Å². The van der Waals surface area contributed by atoms with Crippen molar-refractivity contribution in [3.63, 3.8) is 0 Å². The van der Waals surface area contributed by atoms with Crippen molar-refractivity contribution in [2.24, 2.45) is 5.92 Å². The Morgan fingerprint density at radius 3 is 2.20 bits per heavy atom. The number of hydrogen-bond donors (Lipinski definition) is 1. The molecule has 3 aromatic rings. The second-order valence-electron chi connectivity index (χ2n) is 6.55. The number of nitrogens with zero attached hydrogens (tertiary/aromatic N) is 1. The Kier molecular flexibility index (Phi) is 3.88. The van der Waals surface area contributed by atoms with Crippen molar-refractivity contribution in [1.82, 2.24) is 9.97 Å². The van der Waals surface area contributed by atoms with Crippen LogP contribution in [0.3, 0.4) is 0 Å². The minimum absolute atomic E-state index is 0.107. The second kappa shape index (κ2) is 6.20. The van der Waals surface area contributed by atoms with Crippen molar-refractivity contribution < 1.29 is 9.53 Å². The number of esters is 1. The predicted molar refractivity (Wildman–Crippen MR) is 96.2 cm³/mol. The summed E-state index contributed by atoms with van der Waals surface area (Å²) in [5.74, 6) is 0.977. The fourth-order valence-corrected chi connectivity index (χ4v) is 3.67. The van der Waals surface area contributed by atoms with E-state index < -0.39 is 0 Å². The number of H-pyrrole nitrogens is 1. The molecule has 0 aliphatic heterocycles. The average Bonchev–Trinajstić information content (AvgIpc) is 3.27. The first-order valence-corrected chi connectivity index (χ1v) is 8.44. The molecule has 0 bridgehead atoms. The van der Waals surface area contributed by atoms with Crippen molar-refractivity contribution in [3.8, 4) is 11.4 Å². The van der Waals surface area contributed by atoms with Gasteiger partial charge in [0.1, 0.15) is 5.82 Å². The number of carbonyl (C=O) groups is 1.